The minimum absolute atomic E-state index is 0.112. The zero-order valence-electron chi connectivity index (χ0n) is 11.8. The summed E-state index contributed by atoms with van der Waals surface area (Å²) in [5, 5.41) is 6.40. The van der Waals surface area contributed by atoms with Gasteiger partial charge in [0.15, 0.2) is 0 Å². The first-order valence-electron chi connectivity index (χ1n) is 6.55. The summed E-state index contributed by atoms with van der Waals surface area (Å²) in [4.78, 5) is 11.8. The Hall–Kier alpha value is -1.52. The zero-order chi connectivity index (χ0) is 15.4. The SMILES string of the molecule is CNC(=O)c1cc(NC(C)c2cccc(Br)c2)ccc1Cl. The van der Waals surface area contributed by atoms with Gasteiger partial charge in [0, 0.05) is 23.2 Å². The summed E-state index contributed by atoms with van der Waals surface area (Å²) in [7, 11) is 1.59. The third kappa shape index (κ3) is 3.99. The van der Waals surface area contributed by atoms with Crippen LogP contribution >= 0.6 is 27.5 Å². The van der Waals surface area contributed by atoms with Gasteiger partial charge in [0.1, 0.15) is 0 Å². The molecular formula is C16H16BrClN2O. The van der Waals surface area contributed by atoms with Crippen LogP contribution in [-0.2, 0) is 0 Å². The second-order valence-corrected chi connectivity index (χ2v) is 6.02. The summed E-state index contributed by atoms with van der Waals surface area (Å²) in [6.07, 6.45) is 0. The summed E-state index contributed by atoms with van der Waals surface area (Å²) < 4.78 is 1.04. The number of anilines is 1. The van der Waals surface area contributed by atoms with Crippen molar-refractivity contribution in [2.24, 2.45) is 0 Å². The summed E-state index contributed by atoms with van der Waals surface area (Å²) in [6.45, 7) is 2.07. The second kappa shape index (κ2) is 6.96. The van der Waals surface area contributed by atoms with Crippen molar-refractivity contribution in [3.8, 4) is 0 Å². The number of hydrogen-bond acceptors (Lipinski definition) is 2. The summed E-state index contributed by atoms with van der Waals surface area (Å²) in [5.41, 5.74) is 2.47. The van der Waals surface area contributed by atoms with Gasteiger partial charge in [-0.05, 0) is 42.8 Å². The van der Waals surface area contributed by atoms with E-state index >= 15 is 0 Å². The van der Waals surface area contributed by atoms with E-state index in [0.717, 1.165) is 15.7 Å². The average Bonchev–Trinajstić information content (AvgIpc) is 2.48. The van der Waals surface area contributed by atoms with Gasteiger partial charge >= 0.3 is 0 Å². The van der Waals surface area contributed by atoms with Gasteiger partial charge < -0.3 is 10.6 Å². The van der Waals surface area contributed by atoms with Crippen molar-refractivity contribution in [1.29, 1.82) is 0 Å². The highest BCUT2D eigenvalue weighted by Gasteiger charge is 2.11. The molecule has 0 aliphatic carbocycles. The number of benzene rings is 2. The Balaban J connectivity index is 2.21. The van der Waals surface area contributed by atoms with Gasteiger partial charge in [0.2, 0.25) is 0 Å². The number of carbonyl (C=O) groups excluding carboxylic acids is 1. The largest absolute Gasteiger partial charge is 0.378 e. The molecule has 2 rings (SSSR count). The maximum atomic E-state index is 11.8. The van der Waals surface area contributed by atoms with Gasteiger partial charge in [0.25, 0.3) is 5.91 Å². The number of nitrogens with one attached hydrogen (secondary N) is 2. The molecule has 0 aromatic heterocycles. The monoisotopic (exact) mass is 366 g/mol. The number of halogens is 2. The molecule has 0 aliphatic rings. The lowest BCUT2D eigenvalue weighted by Gasteiger charge is -2.17. The van der Waals surface area contributed by atoms with E-state index in [1.165, 1.54) is 0 Å². The molecule has 1 unspecified atom stereocenters. The van der Waals surface area contributed by atoms with E-state index in [-0.39, 0.29) is 11.9 Å². The lowest BCUT2D eigenvalue weighted by Crippen LogP contribution is -2.18. The Kier molecular flexibility index (Phi) is 5.26. The summed E-state index contributed by atoms with van der Waals surface area (Å²) >= 11 is 9.52. The maximum absolute atomic E-state index is 11.8. The molecule has 2 N–H and O–H groups in total. The molecule has 110 valence electrons. The van der Waals surface area contributed by atoms with Crippen LogP contribution in [-0.4, -0.2) is 13.0 Å². The molecule has 0 saturated heterocycles. The zero-order valence-corrected chi connectivity index (χ0v) is 14.1. The third-order valence-corrected chi connectivity index (χ3v) is 3.99. The van der Waals surface area contributed by atoms with Crippen LogP contribution in [0.25, 0.3) is 0 Å². The highest BCUT2D eigenvalue weighted by Crippen LogP contribution is 2.25. The normalized spacial score (nSPS) is 11.8. The molecule has 0 spiro atoms. The van der Waals surface area contributed by atoms with E-state index in [0.29, 0.717) is 10.6 Å². The molecule has 0 radical (unpaired) electrons. The minimum atomic E-state index is -0.196. The van der Waals surface area contributed by atoms with Crippen LogP contribution in [0, 0.1) is 0 Å². The number of amides is 1. The van der Waals surface area contributed by atoms with Crippen LogP contribution in [0.1, 0.15) is 28.9 Å². The Labute approximate surface area is 137 Å². The van der Waals surface area contributed by atoms with Crippen LogP contribution in [0.3, 0.4) is 0 Å². The third-order valence-electron chi connectivity index (χ3n) is 3.17. The highest BCUT2D eigenvalue weighted by atomic mass is 79.9. The van der Waals surface area contributed by atoms with Crippen molar-refractivity contribution < 1.29 is 4.79 Å². The van der Waals surface area contributed by atoms with Crippen molar-refractivity contribution in [2.45, 2.75) is 13.0 Å². The molecule has 5 heteroatoms. The molecule has 0 aliphatic heterocycles. The lowest BCUT2D eigenvalue weighted by atomic mass is 10.1. The molecule has 1 atom stereocenters. The molecule has 2 aromatic carbocycles. The van der Waals surface area contributed by atoms with E-state index < -0.39 is 0 Å². The highest BCUT2D eigenvalue weighted by molar-refractivity contribution is 9.10. The van der Waals surface area contributed by atoms with Crippen LogP contribution in [0.2, 0.25) is 5.02 Å². The molecule has 21 heavy (non-hydrogen) atoms. The first-order valence-corrected chi connectivity index (χ1v) is 7.72. The fourth-order valence-corrected chi connectivity index (χ4v) is 2.65. The molecule has 0 saturated carbocycles. The molecule has 1 amide bonds. The van der Waals surface area contributed by atoms with Gasteiger partial charge in [0.05, 0.1) is 10.6 Å². The quantitative estimate of drug-likeness (QED) is 0.827. The van der Waals surface area contributed by atoms with Gasteiger partial charge in [-0.25, -0.2) is 0 Å². The molecule has 3 nitrogen and oxygen atoms in total. The first-order chi connectivity index (χ1) is 10.0. The summed E-state index contributed by atoms with van der Waals surface area (Å²) in [6, 6.07) is 13.6. The Morgan fingerprint density at radius 1 is 1.24 bits per heavy atom. The Morgan fingerprint density at radius 2 is 2.00 bits per heavy atom. The predicted molar refractivity (Wildman–Crippen MR) is 91.0 cm³/mol. The maximum Gasteiger partial charge on any atom is 0.252 e. The summed E-state index contributed by atoms with van der Waals surface area (Å²) in [5.74, 6) is -0.196. The number of carbonyl (C=O) groups is 1. The van der Waals surface area contributed by atoms with Crippen molar-refractivity contribution in [1.82, 2.24) is 5.32 Å². The van der Waals surface area contributed by atoms with Crippen LogP contribution in [0.4, 0.5) is 5.69 Å². The molecule has 2 aromatic rings. The first kappa shape index (κ1) is 15.9. The van der Waals surface area contributed by atoms with E-state index in [2.05, 4.69) is 45.6 Å². The van der Waals surface area contributed by atoms with Gasteiger partial charge in [-0.2, -0.15) is 0 Å². The van der Waals surface area contributed by atoms with Crippen molar-refractivity contribution >= 4 is 39.1 Å². The Morgan fingerprint density at radius 3 is 2.67 bits per heavy atom. The van der Waals surface area contributed by atoms with E-state index in [1.54, 1.807) is 19.2 Å². The number of hydrogen-bond donors (Lipinski definition) is 2. The van der Waals surface area contributed by atoms with Crippen molar-refractivity contribution in [3.63, 3.8) is 0 Å². The average molecular weight is 368 g/mol. The van der Waals surface area contributed by atoms with E-state index in [4.69, 9.17) is 11.6 Å². The Bertz CT molecular complexity index is 660. The molecular weight excluding hydrogens is 352 g/mol. The predicted octanol–water partition coefficient (Wildman–Crippen LogP) is 4.64. The van der Waals surface area contributed by atoms with Crippen molar-refractivity contribution in [2.75, 3.05) is 12.4 Å². The lowest BCUT2D eigenvalue weighted by molar-refractivity contribution is 0.0963. The fourth-order valence-electron chi connectivity index (χ4n) is 2.03. The molecule has 0 fully saturated rings. The standard InChI is InChI=1S/C16H16BrClN2O/c1-10(11-4-3-5-12(17)8-11)20-13-6-7-15(18)14(9-13)16(21)19-2/h3-10,20H,1-2H3,(H,19,21). The fraction of sp³-hybridized carbons (Fsp3) is 0.188. The van der Waals surface area contributed by atoms with Crippen molar-refractivity contribution in [3.05, 3.63) is 63.1 Å². The second-order valence-electron chi connectivity index (χ2n) is 4.69. The van der Waals surface area contributed by atoms with Gasteiger partial charge in [-0.15, -0.1) is 0 Å². The van der Waals surface area contributed by atoms with Crippen LogP contribution in [0.5, 0.6) is 0 Å². The van der Waals surface area contributed by atoms with E-state index in [9.17, 15) is 4.79 Å². The van der Waals surface area contributed by atoms with Crippen LogP contribution < -0.4 is 10.6 Å². The minimum Gasteiger partial charge on any atom is -0.378 e. The number of rotatable bonds is 4. The van der Waals surface area contributed by atoms with Crippen LogP contribution in [0.15, 0.2) is 46.9 Å². The van der Waals surface area contributed by atoms with E-state index in [1.807, 2.05) is 18.2 Å². The van der Waals surface area contributed by atoms with Gasteiger partial charge in [-0.1, -0.05) is 39.7 Å². The van der Waals surface area contributed by atoms with Gasteiger partial charge in [-0.3, -0.25) is 4.79 Å². The molecule has 0 heterocycles. The smallest absolute Gasteiger partial charge is 0.252 e. The molecule has 0 bridgehead atoms. The topological polar surface area (TPSA) is 41.1 Å².